The highest BCUT2D eigenvalue weighted by atomic mass is 32.1. The number of thiol groups is 3. The van der Waals surface area contributed by atoms with E-state index in [1.165, 1.54) is 0 Å². The van der Waals surface area contributed by atoms with Gasteiger partial charge in [-0.15, -0.1) is 0 Å². The summed E-state index contributed by atoms with van der Waals surface area (Å²) < 4.78 is 11.1. The first-order chi connectivity index (χ1) is 18.7. The number of esters is 2. The lowest BCUT2D eigenvalue weighted by molar-refractivity contribution is -0.172. The number of carboxylic acid groups (broad SMARTS) is 2. The quantitative estimate of drug-likeness (QED) is 0.0486. The Balaban J connectivity index is 6.97. The third-order valence-electron chi connectivity index (χ3n) is 7.33. The molecule has 0 aliphatic carbocycles. The molecule has 0 aromatic heterocycles. The van der Waals surface area contributed by atoms with E-state index >= 15 is 0 Å². The van der Waals surface area contributed by atoms with E-state index in [2.05, 4.69) is 51.7 Å². The number of aliphatic carboxylic acids is 2. The Morgan fingerprint density at radius 2 is 1.10 bits per heavy atom. The normalized spacial score (nSPS) is 15.1. The molecule has 8 nitrogen and oxygen atoms in total. The molecular formula is C28H50O8S3. The molecule has 3 atom stereocenters. The van der Waals surface area contributed by atoms with Crippen molar-refractivity contribution in [3.05, 3.63) is 0 Å². The van der Waals surface area contributed by atoms with E-state index in [1.54, 1.807) is 0 Å². The zero-order valence-electron chi connectivity index (χ0n) is 23.6. The van der Waals surface area contributed by atoms with Crippen molar-refractivity contribution < 1.29 is 38.9 Å². The molecule has 0 radical (unpaired) electrons. The number of hydrogen-bond donors (Lipinski definition) is 5. The molecule has 0 heterocycles. The average molecular weight is 611 g/mol. The van der Waals surface area contributed by atoms with E-state index in [-0.39, 0.29) is 38.2 Å². The maximum atomic E-state index is 13.7. The van der Waals surface area contributed by atoms with Crippen molar-refractivity contribution in [2.24, 2.45) is 23.2 Å². The monoisotopic (exact) mass is 610 g/mol. The van der Waals surface area contributed by atoms with Crippen molar-refractivity contribution in [2.45, 2.75) is 97.3 Å². The van der Waals surface area contributed by atoms with E-state index in [0.717, 1.165) is 38.5 Å². The van der Waals surface area contributed by atoms with Gasteiger partial charge in [0.25, 0.3) is 0 Å². The molecule has 39 heavy (non-hydrogen) atoms. The first kappa shape index (κ1) is 37.9. The highest BCUT2D eigenvalue weighted by Crippen LogP contribution is 2.51. The molecule has 0 fully saturated rings. The third kappa shape index (κ3) is 13.4. The molecule has 0 rings (SSSR count). The maximum Gasteiger partial charge on any atom is 0.309 e. The minimum absolute atomic E-state index is 0.0151. The minimum Gasteiger partial charge on any atom is -0.481 e. The van der Waals surface area contributed by atoms with Crippen molar-refractivity contribution in [1.82, 2.24) is 0 Å². The molecule has 0 amide bonds. The maximum absolute atomic E-state index is 13.7. The van der Waals surface area contributed by atoms with E-state index in [9.17, 15) is 29.4 Å². The van der Waals surface area contributed by atoms with Gasteiger partial charge in [-0.05, 0) is 31.4 Å². The SMILES string of the molecule is CCCCCCC(C(=O)OCCS)C(CS)(C(CCCC(=O)O)C(=O)O)C(CCCCCC)C(=O)OCCS. The van der Waals surface area contributed by atoms with E-state index in [1.807, 2.05) is 0 Å². The van der Waals surface area contributed by atoms with Gasteiger partial charge in [0, 0.05) is 23.3 Å². The smallest absolute Gasteiger partial charge is 0.309 e. The summed E-state index contributed by atoms with van der Waals surface area (Å²) in [5.74, 6) is -5.90. The van der Waals surface area contributed by atoms with E-state index in [0.29, 0.717) is 37.2 Å². The molecular weight excluding hydrogens is 561 g/mol. The first-order valence-corrected chi connectivity index (χ1v) is 16.2. The highest BCUT2D eigenvalue weighted by Gasteiger charge is 2.57. The van der Waals surface area contributed by atoms with Gasteiger partial charge < -0.3 is 19.7 Å². The lowest BCUT2D eigenvalue weighted by Crippen LogP contribution is -2.54. The van der Waals surface area contributed by atoms with Gasteiger partial charge in [0.2, 0.25) is 0 Å². The van der Waals surface area contributed by atoms with Gasteiger partial charge in [-0.3, -0.25) is 19.2 Å². The Morgan fingerprint density at radius 1 is 0.667 bits per heavy atom. The minimum atomic E-state index is -1.44. The highest BCUT2D eigenvalue weighted by molar-refractivity contribution is 7.80. The van der Waals surface area contributed by atoms with Crippen molar-refractivity contribution in [3.8, 4) is 0 Å². The lowest BCUT2D eigenvalue weighted by atomic mass is 9.56. The van der Waals surface area contributed by atoms with Crippen molar-refractivity contribution in [3.63, 3.8) is 0 Å². The standard InChI is InChI=1S/C28H50O8S3/c1-3-5-7-9-12-22(26(33)35-16-18-37)28(20-39,21(25(31)32)14-11-15-24(29)30)23(13-10-8-6-4-2)27(34)36-17-19-38/h21-23,37-39H,3-20H2,1-2H3,(H,29,30)(H,31,32). The molecule has 0 aliphatic heterocycles. The van der Waals surface area contributed by atoms with Crippen LogP contribution in [0.25, 0.3) is 0 Å². The van der Waals surface area contributed by atoms with Crippen molar-refractivity contribution in [1.29, 1.82) is 0 Å². The summed E-state index contributed by atoms with van der Waals surface area (Å²) in [6, 6.07) is 0. The second-order valence-electron chi connectivity index (χ2n) is 10.0. The Bertz CT molecular complexity index is 683. The molecule has 3 unspecified atom stereocenters. The summed E-state index contributed by atoms with van der Waals surface area (Å²) in [6.07, 6.45) is 7.39. The zero-order chi connectivity index (χ0) is 29.7. The molecule has 0 aromatic rings. The van der Waals surface area contributed by atoms with Crippen LogP contribution in [-0.2, 0) is 28.7 Å². The fraction of sp³-hybridized carbons (Fsp3) is 0.857. The average Bonchev–Trinajstić information content (AvgIpc) is 2.91. The number of rotatable bonds is 25. The Morgan fingerprint density at radius 3 is 1.44 bits per heavy atom. The molecule has 11 heteroatoms. The van der Waals surface area contributed by atoms with Crippen LogP contribution in [0.4, 0.5) is 0 Å². The van der Waals surface area contributed by atoms with Crippen LogP contribution in [0.5, 0.6) is 0 Å². The predicted molar refractivity (Wildman–Crippen MR) is 163 cm³/mol. The summed E-state index contributed by atoms with van der Waals surface area (Å²) in [5.41, 5.74) is -1.44. The molecule has 0 spiro atoms. The second-order valence-corrected chi connectivity index (χ2v) is 11.2. The number of hydrogen-bond acceptors (Lipinski definition) is 9. The summed E-state index contributed by atoms with van der Waals surface area (Å²) in [6.45, 7) is 4.25. The van der Waals surface area contributed by atoms with Crippen LogP contribution in [-0.4, -0.2) is 64.6 Å². The number of carbonyl (C=O) groups is 4. The van der Waals surface area contributed by atoms with Gasteiger partial charge >= 0.3 is 23.9 Å². The summed E-state index contributed by atoms with van der Waals surface area (Å²) in [5, 5.41) is 19.8. The summed E-state index contributed by atoms with van der Waals surface area (Å²) >= 11 is 12.9. The third-order valence-corrected chi connectivity index (χ3v) is 8.25. The summed E-state index contributed by atoms with van der Waals surface area (Å²) in [7, 11) is 0. The van der Waals surface area contributed by atoms with Crippen LogP contribution < -0.4 is 0 Å². The fourth-order valence-corrected chi connectivity index (χ4v) is 6.24. The van der Waals surface area contributed by atoms with E-state index < -0.39 is 47.0 Å². The number of unbranched alkanes of at least 4 members (excludes halogenated alkanes) is 6. The topological polar surface area (TPSA) is 127 Å². The van der Waals surface area contributed by atoms with Crippen molar-refractivity contribution in [2.75, 3.05) is 30.5 Å². The van der Waals surface area contributed by atoms with Crippen LogP contribution in [0.2, 0.25) is 0 Å². The van der Waals surface area contributed by atoms with Crippen LogP contribution >= 0.6 is 37.9 Å². The molecule has 0 saturated heterocycles. The first-order valence-electron chi connectivity index (χ1n) is 14.3. The molecule has 0 aromatic carbocycles. The largest absolute Gasteiger partial charge is 0.481 e. The van der Waals surface area contributed by atoms with Crippen LogP contribution in [0.15, 0.2) is 0 Å². The second kappa shape index (κ2) is 22.6. The number of ether oxygens (including phenoxy) is 2. The van der Waals surface area contributed by atoms with E-state index in [4.69, 9.17) is 9.47 Å². The van der Waals surface area contributed by atoms with Gasteiger partial charge in [-0.2, -0.15) is 37.9 Å². The van der Waals surface area contributed by atoms with Crippen LogP contribution in [0.3, 0.4) is 0 Å². The molecule has 228 valence electrons. The summed E-state index contributed by atoms with van der Waals surface area (Å²) in [4.78, 5) is 51.5. The fourth-order valence-electron chi connectivity index (χ4n) is 5.39. The van der Waals surface area contributed by atoms with Gasteiger partial charge in [0.1, 0.15) is 13.2 Å². The van der Waals surface area contributed by atoms with Gasteiger partial charge in [-0.1, -0.05) is 65.2 Å². The van der Waals surface area contributed by atoms with Gasteiger partial charge in [0.15, 0.2) is 0 Å². The van der Waals surface area contributed by atoms with Crippen LogP contribution in [0, 0.1) is 23.2 Å². The number of carboxylic acids is 2. The molecule has 2 N–H and O–H groups in total. The number of carbonyl (C=O) groups excluding carboxylic acids is 2. The lowest BCUT2D eigenvalue weighted by Gasteiger charge is -2.47. The van der Waals surface area contributed by atoms with Gasteiger partial charge in [0.05, 0.1) is 17.8 Å². The molecule has 0 aliphatic rings. The Labute approximate surface area is 251 Å². The predicted octanol–water partition coefficient (Wildman–Crippen LogP) is 5.98. The Kier molecular flexibility index (Phi) is 22.0. The molecule has 0 bridgehead atoms. The van der Waals surface area contributed by atoms with Gasteiger partial charge in [-0.25, -0.2) is 0 Å². The van der Waals surface area contributed by atoms with Crippen LogP contribution in [0.1, 0.15) is 97.3 Å². The van der Waals surface area contributed by atoms with Crippen molar-refractivity contribution >= 4 is 61.8 Å². The zero-order valence-corrected chi connectivity index (χ0v) is 26.3. The molecule has 0 saturated carbocycles. The Hall–Kier alpha value is -1.07.